The Morgan fingerprint density at radius 2 is 1.94 bits per heavy atom. The van der Waals surface area contributed by atoms with Gasteiger partial charge in [-0.15, -0.1) is 0 Å². The van der Waals surface area contributed by atoms with Gasteiger partial charge in [0.2, 0.25) is 5.91 Å². The molecule has 0 aliphatic heterocycles. The first kappa shape index (κ1) is 15.9. The Balaban J connectivity index is 4.06. The number of rotatable bonds is 8. The molecule has 5 nitrogen and oxygen atoms in total. The van der Waals surface area contributed by atoms with Gasteiger partial charge in [-0.05, 0) is 26.2 Å². The van der Waals surface area contributed by atoms with Crippen LogP contribution in [0.1, 0.15) is 40.0 Å². The van der Waals surface area contributed by atoms with Crippen LogP contribution in [0.15, 0.2) is 0 Å². The summed E-state index contributed by atoms with van der Waals surface area (Å²) in [5, 5.41) is 20.4. The lowest BCUT2D eigenvalue weighted by Gasteiger charge is -2.20. The summed E-state index contributed by atoms with van der Waals surface area (Å²) >= 11 is 0. The number of nitrogens with one attached hydrogen (secondary N) is 1. The van der Waals surface area contributed by atoms with E-state index in [1.165, 1.54) is 13.8 Å². The minimum atomic E-state index is -1.04. The van der Waals surface area contributed by atoms with Gasteiger partial charge >= 0.3 is 5.97 Å². The van der Waals surface area contributed by atoms with Crippen molar-refractivity contribution in [1.82, 2.24) is 5.32 Å². The monoisotopic (exact) mass is 245 g/mol. The maximum Gasteiger partial charge on any atom is 0.309 e. The summed E-state index contributed by atoms with van der Waals surface area (Å²) in [7, 11) is 0. The number of carbonyl (C=O) groups excluding carboxylic acids is 1. The van der Waals surface area contributed by atoms with Crippen LogP contribution in [-0.2, 0) is 9.59 Å². The number of hydrogen-bond acceptors (Lipinski definition) is 3. The van der Waals surface area contributed by atoms with Crippen LogP contribution in [0.3, 0.4) is 0 Å². The van der Waals surface area contributed by atoms with Crippen LogP contribution in [0.25, 0.3) is 0 Å². The van der Waals surface area contributed by atoms with Crippen LogP contribution in [-0.4, -0.2) is 35.2 Å². The van der Waals surface area contributed by atoms with Crippen molar-refractivity contribution < 1.29 is 19.8 Å². The molecule has 1 unspecified atom stereocenters. The number of hydrogen-bond donors (Lipinski definition) is 3. The topological polar surface area (TPSA) is 86.6 Å². The Hall–Kier alpha value is -1.10. The van der Waals surface area contributed by atoms with E-state index in [2.05, 4.69) is 5.32 Å². The fourth-order valence-corrected chi connectivity index (χ4v) is 1.43. The molecule has 1 atom stereocenters. The smallest absolute Gasteiger partial charge is 0.309 e. The summed E-state index contributed by atoms with van der Waals surface area (Å²) in [6, 6.07) is 0. The standard InChI is InChI=1S/C12H23NO4/c1-4-9(5-6-14)8-13-10(15)7-12(2,3)11(16)17/h9,14H,4-8H2,1-3H3,(H,13,15)(H,16,17). The van der Waals surface area contributed by atoms with Crippen molar-refractivity contribution in [3.8, 4) is 0 Å². The highest BCUT2D eigenvalue weighted by Gasteiger charge is 2.30. The molecule has 0 saturated heterocycles. The van der Waals surface area contributed by atoms with Gasteiger partial charge in [0.1, 0.15) is 0 Å². The van der Waals surface area contributed by atoms with Crippen LogP contribution in [0, 0.1) is 11.3 Å². The van der Waals surface area contributed by atoms with Crippen molar-refractivity contribution >= 4 is 11.9 Å². The molecule has 0 aromatic carbocycles. The lowest BCUT2D eigenvalue weighted by atomic mass is 9.89. The number of aliphatic hydroxyl groups is 1. The van der Waals surface area contributed by atoms with E-state index in [1.807, 2.05) is 6.92 Å². The zero-order chi connectivity index (χ0) is 13.5. The van der Waals surface area contributed by atoms with Gasteiger partial charge in [0.15, 0.2) is 0 Å². The zero-order valence-electron chi connectivity index (χ0n) is 10.8. The molecule has 100 valence electrons. The number of carbonyl (C=O) groups is 2. The first-order valence-electron chi connectivity index (χ1n) is 5.94. The van der Waals surface area contributed by atoms with Gasteiger partial charge in [0.05, 0.1) is 5.41 Å². The SMILES string of the molecule is CCC(CCO)CNC(=O)CC(C)(C)C(=O)O. The van der Waals surface area contributed by atoms with Crippen molar-refractivity contribution in [1.29, 1.82) is 0 Å². The Morgan fingerprint density at radius 3 is 2.35 bits per heavy atom. The number of aliphatic hydroxyl groups excluding tert-OH is 1. The van der Waals surface area contributed by atoms with Crippen molar-refractivity contribution in [2.45, 2.75) is 40.0 Å². The minimum Gasteiger partial charge on any atom is -0.481 e. The molecular weight excluding hydrogens is 222 g/mol. The minimum absolute atomic E-state index is 0.0299. The average Bonchev–Trinajstić information content (AvgIpc) is 2.23. The highest BCUT2D eigenvalue weighted by Crippen LogP contribution is 2.20. The van der Waals surface area contributed by atoms with Crippen LogP contribution in [0.5, 0.6) is 0 Å². The third-order valence-electron chi connectivity index (χ3n) is 2.88. The van der Waals surface area contributed by atoms with Crippen molar-refractivity contribution in [2.24, 2.45) is 11.3 Å². The van der Waals surface area contributed by atoms with Crippen molar-refractivity contribution in [2.75, 3.05) is 13.2 Å². The Morgan fingerprint density at radius 1 is 1.35 bits per heavy atom. The molecule has 0 aliphatic carbocycles. The number of carboxylic acid groups (broad SMARTS) is 1. The molecule has 0 aromatic heterocycles. The van der Waals surface area contributed by atoms with E-state index in [1.54, 1.807) is 0 Å². The van der Waals surface area contributed by atoms with Gasteiger partial charge in [-0.2, -0.15) is 0 Å². The largest absolute Gasteiger partial charge is 0.481 e. The molecule has 3 N–H and O–H groups in total. The third kappa shape index (κ3) is 6.26. The van der Waals surface area contributed by atoms with E-state index in [4.69, 9.17) is 10.2 Å². The van der Waals surface area contributed by atoms with E-state index in [0.717, 1.165) is 6.42 Å². The molecule has 5 heteroatoms. The molecule has 17 heavy (non-hydrogen) atoms. The van der Waals surface area contributed by atoms with Crippen LogP contribution >= 0.6 is 0 Å². The summed E-state index contributed by atoms with van der Waals surface area (Å²) in [4.78, 5) is 22.4. The zero-order valence-corrected chi connectivity index (χ0v) is 10.8. The van der Waals surface area contributed by atoms with Crippen molar-refractivity contribution in [3.05, 3.63) is 0 Å². The molecule has 0 rings (SSSR count). The van der Waals surface area contributed by atoms with Crippen molar-refractivity contribution in [3.63, 3.8) is 0 Å². The molecule has 0 radical (unpaired) electrons. The second-order valence-electron chi connectivity index (χ2n) is 4.96. The summed E-state index contributed by atoms with van der Waals surface area (Å²) in [5.41, 5.74) is -1.04. The maximum absolute atomic E-state index is 11.6. The summed E-state index contributed by atoms with van der Waals surface area (Å²) in [6.07, 6.45) is 1.50. The normalized spacial score (nSPS) is 13.2. The number of amides is 1. The molecule has 0 bridgehead atoms. The van der Waals surface area contributed by atoms with Gasteiger partial charge in [-0.25, -0.2) is 0 Å². The van der Waals surface area contributed by atoms with Gasteiger partial charge in [-0.3, -0.25) is 9.59 Å². The van der Waals surface area contributed by atoms with E-state index in [9.17, 15) is 9.59 Å². The van der Waals surface area contributed by atoms with Gasteiger partial charge < -0.3 is 15.5 Å². The third-order valence-corrected chi connectivity index (χ3v) is 2.88. The van der Waals surface area contributed by atoms with Gasteiger partial charge in [-0.1, -0.05) is 13.3 Å². The Bertz CT molecular complexity index is 263. The van der Waals surface area contributed by atoms with Crippen LogP contribution < -0.4 is 5.32 Å². The quantitative estimate of drug-likeness (QED) is 0.595. The Labute approximate surface area is 102 Å². The average molecular weight is 245 g/mol. The summed E-state index contributed by atoms with van der Waals surface area (Å²) in [6.45, 7) is 5.65. The highest BCUT2D eigenvalue weighted by molar-refractivity contribution is 5.84. The van der Waals surface area contributed by atoms with E-state index < -0.39 is 11.4 Å². The van der Waals surface area contributed by atoms with Gasteiger partial charge in [0.25, 0.3) is 0 Å². The first-order valence-corrected chi connectivity index (χ1v) is 5.94. The fourth-order valence-electron chi connectivity index (χ4n) is 1.43. The molecular formula is C12H23NO4. The second-order valence-corrected chi connectivity index (χ2v) is 4.96. The van der Waals surface area contributed by atoms with E-state index in [-0.39, 0.29) is 24.9 Å². The number of carboxylic acids is 1. The maximum atomic E-state index is 11.6. The first-order chi connectivity index (χ1) is 7.83. The fraction of sp³-hybridized carbons (Fsp3) is 0.833. The molecule has 0 heterocycles. The van der Waals surface area contributed by atoms with E-state index >= 15 is 0 Å². The predicted octanol–water partition coefficient (Wildman–Crippen LogP) is 1.01. The Kier molecular flexibility index (Phi) is 6.80. The summed E-state index contributed by atoms with van der Waals surface area (Å²) < 4.78 is 0. The summed E-state index contributed by atoms with van der Waals surface area (Å²) in [5.74, 6) is -0.985. The number of aliphatic carboxylic acids is 1. The lowest BCUT2D eigenvalue weighted by molar-refractivity contribution is -0.149. The molecule has 1 amide bonds. The van der Waals surface area contributed by atoms with E-state index in [0.29, 0.717) is 13.0 Å². The van der Waals surface area contributed by atoms with Crippen LogP contribution in [0.4, 0.5) is 0 Å². The highest BCUT2D eigenvalue weighted by atomic mass is 16.4. The molecule has 0 aromatic rings. The second kappa shape index (κ2) is 7.27. The molecule has 0 spiro atoms. The molecule has 0 saturated carbocycles. The lowest BCUT2D eigenvalue weighted by Crippen LogP contribution is -2.35. The van der Waals surface area contributed by atoms with Gasteiger partial charge in [0, 0.05) is 19.6 Å². The molecule has 0 fully saturated rings. The van der Waals surface area contributed by atoms with Crippen LogP contribution in [0.2, 0.25) is 0 Å². The molecule has 0 aliphatic rings. The predicted molar refractivity (Wildman–Crippen MR) is 64.5 cm³/mol.